The number of nitrogens with zero attached hydrogens (tertiary/aromatic N) is 1. The molecule has 1 aliphatic heterocycles. The Labute approximate surface area is 228 Å². The van der Waals surface area contributed by atoms with Gasteiger partial charge >= 0.3 is 5.97 Å². The van der Waals surface area contributed by atoms with Gasteiger partial charge in [0.1, 0.15) is 10.4 Å². The normalized spacial score (nSPS) is 15.1. The van der Waals surface area contributed by atoms with Crippen molar-refractivity contribution in [3.8, 4) is 11.1 Å². The van der Waals surface area contributed by atoms with Gasteiger partial charge in [-0.2, -0.15) is 0 Å². The maximum absolute atomic E-state index is 13.6. The van der Waals surface area contributed by atoms with E-state index in [2.05, 4.69) is 5.32 Å². The number of halogens is 2. The number of nitrogens with two attached hydrogens (primary N) is 1. The first-order chi connectivity index (χ1) is 18.0. The molecule has 4 rings (SSSR count). The molecule has 8 nitrogen and oxygen atoms in total. The molecule has 194 valence electrons. The summed E-state index contributed by atoms with van der Waals surface area (Å²) in [5.41, 5.74) is 6.68. The number of nitrogens with one attached hydrogen (secondary N) is 1. The van der Waals surface area contributed by atoms with Gasteiger partial charge < -0.3 is 16.2 Å². The largest absolute Gasteiger partial charge is 0.478 e. The topological polar surface area (TPSA) is 130 Å². The number of thiophene rings is 1. The van der Waals surface area contributed by atoms with Crippen molar-refractivity contribution in [2.75, 3.05) is 5.32 Å². The van der Waals surface area contributed by atoms with Gasteiger partial charge in [-0.15, -0.1) is 11.3 Å². The summed E-state index contributed by atoms with van der Waals surface area (Å²) in [6, 6.07) is 9.21. The van der Waals surface area contributed by atoms with Crippen molar-refractivity contribution < 1.29 is 33.1 Å². The Morgan fingerprint density at radius 2 is 1.79 bits per heavy atom. The summed E-state index contributed by atoms with van der Waals surface area (Å²) in [5, 5.41) is 13.3. The minimum Gasteiger partial charge on any atom is -0.478 e. The van der Waals surface area contributed by atoms with Gasteiger partial charge in [0.05, 0.1) is 16.9 Å². The lowest BCUT2D eigenvalue weighted by atomic mass is 10.1. The first-order valence-corrected chi connectivity index (χ1v) is 12.9. The van der Waals surface area contributed by atoms with E-state index < -0.39 is 47.8 Å². The summed E-state index contributed by atoms with van der Waals surface area (Å²) < 4.78 is 26.9. The molecule has 4 N–H and O–H groups in total. The second-order valence-corrected chi connectivity index (χ2v) is 10.6. The predicted molar refractivity (Wildman–Crippen MR) is 144 cm³/mol. The summed E-state index contributed by atoms with van der Waals surface area (Å²) in [6.45, 7) is 0. The van der Waals surface area contributed by atoms with Gasteiger partial charge in [0.25, 0.3) is 5.91 Å². The third-order valence-corrected chi connectivity index (χ3v) is 7.59. The average molecular weight is 574 g/mol. The van der Waals surface area contributed by atoms with E-state index in [1.54, 1.807) is 17.5 Å². The summed E-state index contributed by atoms with van der Waals surface area (Å²) in [6.07, 6.45) is 1.05. The fourth-order valence-corrected chi connectivity index (χ4v) is 5.82. The lowest BCUT2D eigenvalue weighted by molar-refractivity contribution is -0.132. The maximum Gasteiger partial charge on any atom is 0.335 e. The molecule has 0 radical (unpaired) electrons. The summed E-state index contributed by atoms with van der Waals surface area (Å²) in [5.74, 6) is -5.25. The van der Waals surface area contributed by atoms with Crippen molar-refractivity contribution in [2.45, 2.75) is 12.5 Å². The van der Waals surface area contributed by atoms with E-state index in [1.165, 1.54) is 41.7 Å². The third kappa shape index (κ3) is 5.96. The van der Waals surface area contributed by atoms with Crippen molar-refractivity contribution in [3.63, 3.8) is 0 Å². The number of hydrogen-bond acceptors (Lipinski definition) is 7. The highest BCUT2D eigenvalue weighted by Gasteiger charge is 2.41. The lowest BCUT2D eigenvalue weighted by Gasteiger charge is -2.25. The molecule has 1 saturated heterocycles. The maximum atomic E-state index is 13.6. The molecule has 1 aliphatic rings. The molecule has 0 bridgehead atoms. The third-order valence-electron chi connectivity index (χ3n) is 5.38. The van der Waals surface area contributed by atoms with Crippen molar-refractivity contribution in [3.05, 3.63) is 80.9 Å². The van der Waals surface area contributed by atoms with E-state index in [1.807, 2.05) is 0 Å². The van der Waals surface area contributed by atoms with Gasteiger partial charge in [0.15, 0.2) is 11.6 Å². The van der Waals surface area contributed by atoms with Crippen molar-refractivity contribution in [1.82, 2.24) is 4.90 Å². The van der Waals surface area contributed by atoms with Gasteiger partial charge in [0.2, 0.25) is 11.8 Å². The number of carbonyl (C=O) groups is 4. The van der Waals surface area contributed by atoms with Crippen molar-refractivity contribution in [1.29, 1.82) is 0 Å². The van der Waals surface area contributed by atoms with Crippen LogP contribution in [0.2, 0.25) is 0 Å². The van der Waals surface area contributed by atoms with E-state index in [0.717, 1.165) is 28.8 Å². The quantitative estimate of drug-likeness (QED) is 0.268. The number of thiocarbonyl (C=S) groups is 1. The Bertz CT molecular complexity index is 1500. The zero-order valence-corrected chi connectivity index (χ0v) is 21.6. The number of carboxylic acids is 1. The highest BCUT2D eigenvalue weighted by Crippen LogP contribution is 2.37. The van der Waals surface area contributed by atoms with E-state index in [-0.39, 0.29) is 20.5 Å². The van der Waals surface area contributed by atoms with Crippen LogP contribution in [0.1, 0.15) is 21.7 Å². The van der Waals surface area contributed by atoms with Crippen LogP contribution < -0.4 is 11.1 Å². The van der Waals surface area contributed by atoms with Crippen LogP contribution in [-0.4, -0.2) is 44.1 Å². The molecule has 3 aromatic rings. The first-order valence-electron chi connectivity index (χ1n) is 10.8. The monoisotopic (exact) mass is 573 g/mol. The number of amides is 3. The predicted octanol–water partition coefficient (Wildman–Crippen LogP) is 4.48. The Morgan fingerprint density at radius 1 is 1.08 bits per heavy atom. The molecule has 0 saturated carbocycles. The van der Waals surface area contributed by atoms with Crippen LogP contribution in [-0.2, 0) is 14.4 Å². The molecule has 2 aromatic carbocycles. The smallest absolute Gasteiger partial charge is 0.335 e. The molecule has 13 heteroatoms. The van der Waals surface area contributed by atoms with Gasteiger partial charge in [0, 0.05) is 10.6 Å². The molecule has 0 aliphatic carbocycles. The number of aromatic carboxylic acids is 1. The zero-order valence-electron chi connectivity index (χ0n) is 19.1. The molecule has 0 unspecified atom stereocenters. The SMILES string of the molecule is NC(=O)C[C@@H](C(=O)Nc1ccc(C(=O)O)cc1)N1C(=O)C(=Cc2cc(-c3ccc(F)c(F)c3)cs2)SC1=S. The number of carbonyl (C=O) groups excluding carboxylic acids is 3. The fraction of sp³-hybridized carbons (Fsp3) is 0.0800. The summed E-state index contributed by atoms with van der Waals surface area (Å²) in [7, 11) is 0. The number of hydrogen-bond donors (Lipinski definition) is 3. The standard InChI is InChI=1S/C25H17F2N3O5S3/c26-17-6-3-13(8-18(17)27)14-7-16(37-11-14)9-20-23(33)30(25(36)38-20)19(10-21(28)31)22(32)29-15-4-1-12(2-5-15)24(34)35/h1-9,11,19H,10H2,(H2,28,31)(H,29,32)(H,34,35)/t19-/m0/s1. The average Bonchev–Trinajstić information content (AvgIpc) is 3.43. The van der Waals surface area contributed by atoms with E-state index in [4.69, 9.17) is 23.1 Å². The van der Waals surface area contributed by atoms with E-state index >= 15 is 0 Å². The van der Waals surface area contributed by atoms with Crippen LogP contribution in [0.4, 0.5) is 14.5 Å². The first kappa shape index (κ1) is 27.1. The van der Waals surface area contributed by atoms with Crippen LogP contribution in [0.3, 0.4) is 0 Å². The van der Waals surface area contributed by atoms with Gasteiger partial charge in [-0.05, 0) is 65.0 Å². The number of carboxylic acid groups (broad SMARTS) is 1. The van der Waals surface area contributed by atoms with Crippen LogP contribution in [0.25, 0.3) is 17.2 Å². The highest BCUT2D eigenvalue weighted by atomic mass is 32.2. The van der Waals surface area contributed by atoms with Crippen molar-refractivity contribution >= 4 is 75.1 Å². The van der Waals surface area contributed by atoms with E-state index in [0.29, 0.717) is 16.0 Å². The highest BCUT2D eigenvalue weighted by molar-refractivity contribution is 8.26. The molecular weight excluding hydrogens is 556 g/mol. The molecule has 38 heavy (non-hydrogen) atoms. The number of benzene rings is 2. The Hall–Kier alpha value is -3.94. The second kappa shape index (κ2) is 11.2. The second-order valence-electron chi connectivity index (χ2n) is 7.98. The van der Waals surface area contributed by atoms with Crippen LogP contribution in [0.5, 0.6) is 0 Å². The molecule has 1 atom stereocenters. The lowest BCUT2D eigenvalue weighted by Crippen LogP contribution is -2.48. The minimum absolute atomic E-state index is 0.0139. The van der Waals surface area contributed by atoms with Crippen LogP contribution >= 0.6 is 35.3 Å². The van der Waals surface area contributed by atoms with Gasteiger partial charge in [-0.25, -0.2) is 13.6 Å². The Kier molecular flexibility index (Phi) is 7.99. The summed E-state index contributed by atoms with van der Waals surface area (Å²) in [4.78, 5) is 50.9. The Morgan fingerprint density at radius 3 is 2.42 bits per heavy atom. The van der Waals surface area contributed by atoms with E-state index in [9.17, 15) is 28.0 Å². The van der Waals surface area contributed by atoms with Gasteiger partial charge in [-0.1, -0.05) is 30.0 Å². The molecule has 1 aromatic heterocycles. The molecule has 3 amide bonds. The van der Waals surface area contributed by atoms with Crippen molar-refractivity contribution in [2.24, 2.45) is 5.73 Å². The molecule has 1 fully saturated rings. The number of thioether (sulfide) groups is 1. The van der Waals surface area contributed by atoms with Crippen LogP contribution in [0, 0.1) is 11.6 Å². The molecular formula is C25H17F2N3O5S3. The number of rotatable bonds is 8. The number of anilines is 1. The number of primary amides is 1. The summed E-state index contributed by atoms with van der Waals surface area (Å²) >= 11 is 7.53. The van der Waals surface area contributed by atoms with Crippen LogP contribution in [0.15, 0.2) is 58.8 Å². The molecule has 2 heterocycles. The van der Waals surface area contributed by atoms with Gasteiger partial charge in [-0.3, -0.25) is 19.3 Å². The molecule has 0 spiro atoms. The minimum atomic E-state index is -1.34. The zero-order chi connectivity index (χ0) is 27.6. The Balaban J connectivity index is 1.55. The fourth-order valence-electron chi connectivity index (χ4n) is 3.55.